The van der Waals surface area contributed by atoms with E-state index in [9.17, 15) is 8.78 Å². The van der Waals surface area contributed by atoms with E-state index in [-0.39, 0.29) is 5.69 Å². The molecule has 1 aromatic rings. The number of imidazole rings is 1. The maximum atomic E-state index is 12.0. The molecule has 0 aliphatic heterocycles. The van der Waals surface area contributed by atoms with Crippen LogP contribution in [0.1, 0.15) is 19.0 Å². The SMILES string of the molecule is CCn1cncc1C(F)F. The molecule has 0 atom stereocenters. The molecule has 1 aromatic heterocycles. The van der Waals surface area contributed by atoms with Crippen molar-refractivity contribution in [1.82, 2.24) is 9.55 Å². The number of alkyl halides is 2. The largest absolute Gasteiger partial charge is 0.330 e. The summed E-state index contributed by atoms with van der Waals surface area (Å²) < 4.78 is 25.4. The molecule has 56 valence electrons. The number of hydrogen-bond acceptors (Lipinski definition) is 1. The molecule has 0 unspecified atom stereocenters. The van der Waals surface area contributed by atoms with E-state index in [1.165, 1.54) is 17.1 Å². The zero-order valence-corrected chi connectivity index (χ0v) is 5.59. The lowest BCUT2D eigenvalue weighted by Gasteiger charge is -2.01. The van der Waals surface area contributed by atoms with Crippen LogP contribution >= 0.6 is 0 Å². The van der Waals surface area contributed by atoms with Gasteiger partial charge in [0.05, 0.1) is 12.5 Å². The van der Waals surface area contributed by atoms with Gasteiger partial charge in [-0.25, -0.2) is 13.8 Å². The monoisotopic (exact) mass is 146 g/mol. The van der Waals surface area contributed by atoms with Crippen LogP contribution in [0, 0.1) is 0 Å². The van der Waals surface area contributed by atoms with Gasteiger partial charge >= 0.3 is 0 Å². The van der Waals surface area contributed by atoms with E-state index in [1.54, 1.807) is 6.92 Å². The Labute approximate surface area is 57.5 Å². The molecule has 0 radical (unpaired) electrons. The molecule has 0 spiro atoms. The predicted molar refractivity (Wildman–Crippen MR) is 32.9 cm³/mol. The maximum Gasteiger partial charge on any atom is 0.280 e. The van der Waals surface area contributed by atoms with Crippen molar-refractivity contribution in [3.63, 3.8) is 0 Å². The molecule has 0 aromatic carbocycles. The molecule has 10 heavy (non-hydrogen) atoms. The summed E-state index contributed by atoms with van der Waals surface area (Å²) in [4.78, 5) is 3.60. The lowest BCUT2D eigenvalue weighted by Crippen LogP contribution is -1.98. The van der Waals surface area contributed by atoms with E-state index in [2.05, 4.69) is 4.98 Å². The van der Waals surface area contributed by atoms with Gasteiger partial charge in [0.15, 0.2) is 0 Å². The number of aryl methyl sites for hydroxylation is 1. The first-order chi connectivity index (χ1) is 4.75. The Bertz CT molecular complexity index is 207. The molecule has 1 heterocycles. The highest BCUT2D eigenvalue weighted by molar-refractivity contribution is 4.99. The quantitative estimate of drug-likeness (QED) is 0.622. The summed E-state index contributed by atoms with van der Waals surface area (Å²) in [5, 5.41) is 0. The first kappa shape index (κ1) is 7.18. The highest BCUT2D eigenvalue weighted by Gasteiger charge is 2.10. The molecular weight excluding hydrogens is 138 g/mol. The minimum absolute atomic E-state index is 0.0116. The normalized spacial score (nSPS) is 10.8. The van der Waals surface area contributed by atoms with E-state index in [4.69, 9.17) is 0 Å². The van der Waals surface area contributed by atoms with Gasteiger partial charge in [-0.15, -0.1) is 0 Å². The number of hydrogen-bond donors (Lipinski definition) is 0. The molecule has 1 rings (SSSR count). The van der Waals surface area contributed by atoms with Crippen LogP contribution in [0.5, 0.6) is 0 Å². The Hall–Kier alpha value is -0.930. The fourth-order valence-electron chi connectivity index (χ4n) is 0.777. The van der Waals surface area contributed by atoms with Crippen molar-refractivity contribution < 1.29 is 8.78 Å². The van der Waals surface area contributed by atoms with Gasteiger partial charge in [-0.3, -0.25) is 0 Å². The Morgan fingerprint density at radius 1 is 1.70 bits per heavy atom. The van der Waals surface area contributed by atoms with Crippen LogP contribution in [0.3, 0.4) is 0 Å². The van der Waals surface area contributed by atoms with Crippen LogP contribution in [0.15, 0.2) is 12.5 Å². The second kappa shape index (κ2) is 2.77. The van der Waals surface area contributed by atoms with Crippen molar-refractivity contribution in [3.8, 4) is 0 Å². The summed E-state index contributed by atoms with van der Waals surface area (Å²) in [7, 11) is 0. The van der Waals surface area contributed by atoms with E-state index in [0.29, 0.717) is 6.54 Å². The molecule has 0 amide bonds. The fraction of sp³-hybridized carbons (Fsp3) is 0.500. The van der Waals surface area contributed by atoms with Gasteiger partial charge in [-0.2, -0.15) is 0 Å². The molecular formula is C6H8F2N2. The maximum absolute atomic E-state index is 12.0. The first-order valence-electron chi connectivity index (χ1n) is 3.04. The minimum Gasteiger partial charge on any atom is -0.330 e. The number of aromatic nitrogens is 2. The van der Waals surface area contributed by atoms with E-state index >= 15 is 0 Å². The molecule has 0 aliphatic carbocycles. The first-order valence-corrected chi connectivity index (χ1v) is 3.04. The lowest BCUT2D eigenvalue weighted by atomic mass is 10.5. The van der Waals surface area contributed by atoms with Crippen molar-refractivity contribution in [2.75, 3.05) is 0 Å². The van der Waals surface area contributed by atoms with E-state index in [0.717, 1.165) is 0 Å². The zero-order valence-electron chi connectivity index (χ0n) is 5.59. The van der Waals surface area contributed by atoms with Crippen LogP contribution < -0.4 is 0 Å². The molecule has 0 saturated heterocycles. The summed E-state index contributed by atoms with van der Waals surface area (Å²) in [6.07, 6.45) is 0.179. The summed E-state index contributed by atoms with van der Waals surface area (Å²) in [6.45, 7) is 2.34. The predicted octanol–water partition coefficient (Wildman–Crippen LogP) is 1.84. The second-order valence-electron chi connectivity index (χ2n) is 1.91. The third kappa shape index (κ3) is 1.15. The van der Waals surface area contributed by atoms with Gasteiger partial charge in [-0.1, -0.05) is 0 Å². The van der Waals surface area contributed by atoms with Gasteiger partial charge in [0.2, 0.25) is 0 Å². The van der Waals surface area contributed by atoms with Crippen molar-refractivity contribution in [3.05, 3.63) is 18.2 Å². The van der Waals surface area contributed by atoms with Gasteiger partial charge in [-0.05, 0) is 6.92 Å². The Morgan fingerprint density at radius 2 is 2.40 bits per heavy atom. The Balaban J connectivity index is 2.90. The molecule has 0 fully saturated rings. The number of halogens is 2. The topological polar surface area (TPSA) is 17.8 Å². The number of nitrogens with zero attached hydrogens (tertiary/aromatic N) is 2. The summed E-state index contributed by atoms with van der Waals surface area (Å²) in [6, 6.07) is 0. The number of rotatable bonds is 2. The molecule has 4 heteroatoms. The summed E-state index contributed by atoms with van der Waals surface area (Å²) >= 11 is 0. The summed E-state index contributed by atoms with van der Waals surface area (Å²) in [5.74, 6) is 0. The Morgan fingerprint density at radius 3 is 2.80 bits per heavy atom. The van der Waals surface area contributed by atoms with Gasteiger partial charge in [0.25, 0.3) is 6.43 Å². The molecule has 0 saturated carbocycles. The smallest absolute Gasteiger partial charge is 0.280 e. The molecule has 2 nitrogen and oxygen atoms in total. The lowest BCUT2D eigenvalue weighted by molar-refractivity contribution is 0.141. The highest BCUT2D eigenvalue weighted by atomic mass is 19.3. The molecule has 0 aliphatic rings. The highest BCUT2D eigenvalue weighted by Crippen LogP contribution is 2.17. The van der Waals surface area contributed by atoms with Crippen LogP contribution in [0.4, 0.5) is 8.78 Å². The van der Waals surface area contributed by atoms with Gasteiger partial charge in [0, 0.05) is 6.54 Å². The van der Waals surface area contributed by atoms with Gasteiger partial charge < -0.3 is 4.57 Å². The van der Waals surface area contributed by atoms with Crippen LogP contribution in [-0.4, -0.2) is 9.55 Å². The average Bonchev–Trinajstić information content (AvgIpc) is 2.33. The van der Waals surface area contributed by atoms with Crippen LogP contribution in [0.2, 0.25) is 0 Å². The van der Waals surface area contributed by atoms with Crippen molar-refractivity contribution in [2.24, 2.45) is 0 Å². The van der Waals surface area contributed by atoms with Crippen molar-refractivity contribution >= 4 is 0 Å². The molecule has 0 bridgehead atoms. The Kier molecular flexibility index (Phi) is 1.99. The van der Waals surface area contributed by atoms with E-state index in [1.807, 2.05) is 0 Å². The fourth-order valence-corrected chi connectivity index (χ4v) is 0.777. The second-order valence-corrected chi connectivity index (χ2v) is 1.91. The van der Waals surface area contributed by atoms with Crippen LogP contribution in [-0.2, 0) is 6.54 Å². The van der Waals surface area contributed by atoms with Gasteiger partial charge in [0.1, 0.15) is 5.69 Å². The van der Waals surface area contributed by atoms with Crippen LogP contribution in [0.25, 0.3) is 0 Å². The third-order valence-corrected chi connectivity index (χ3v) is 1.31. The van der Waals surface area contributed by atoms with Crippen molar-refractivity contribution in [1.29, 1.82) is 0 Å². The zero-order chi connectivity index (χ0) is 7.56. The standard InChI is InChI=1S/C6H8F2N2/c1-2-10-4-9-3-5(10)6(7)8/h3-4,6H,2H2,1H3. The minimum atomic E-state index is -2.41. The van der Waals surface area contributed by atoms with Crippen molar-refractivity contribution in [2.45, 2.75) is 19.9 Å². The average molecular weight is 146 g/mol. The molecule has 0 N–H and O–H groups in total. The third-order valence-electron chi connectivity index (χ3n) is 1.31. The van der Waals surface area contributed by atoms with E-state index < -0.39 is 6.43 Å². The summed E-state index contributed by atoms with van der Waals surface area (Å²) in [5.41, 5.74) is -0.0116.